The van der Waals surface area contributed by atoms with Crippen LogP contribution in [0.3, 0.4) is 0 Å². The summed E-state index contributed by atoms with van der Waals surface area (Å²) in [6.45, 7) is 0. The van der Waals surface area contributed by atoms with E-state index in [4.69, 9.17) is 0 Å². The molecule has 94 valence electrons. The van der Waals surface area contributed by atoms with Gasteiger partial charge in [0.05, 0.1) is 0 Å². The predicted molar refractivity (Wildman–Crippen MR) is 72.3 cm³/mol. The largest absolute Gasteiger partial charge is 0.358 e. The van der Waals surface area contributed by atoms with E-state index in [9.17, 15) is 9.59 Å². The highest BCUT2D eigenvalue weighted by Gasteiger charge is 2.01. The molecule has 1 aromatic carbocycles. The van der Waals surface area contributed by atoms with Crippen molar-refractivity contribution in [1.82, 2.24) is 0 Å². The van der Waals surface area contributed by atoms with Crippen LogP contribution in [0.15, 0.2) is 65.9 Å². The van der Waals surface area contributed by atoms with Gasteiger partial charge < -0.3 is 4.84 Å². The van der Waals surface area contributed by atoms with Gasteiger partial charge >= 0.3 is 5.97 Å². The first-order chi connectivity index (χ1) is 9.24. The number of nitrogens with zero attached hydrogens (tertiary/aromatic N) is 1. The first-order valence-electron chi connectivity index (χ1n) is 5.66. The maximum Gasteiger partial charge on any atom is 0.358 e. The third kappa shape index (κ3) is 4.20. The number of benzene rings is 1. The van der Waals surface area contributed by atoms with Crippen molar-refractivity contribution in [3.8, 4) is 0 Å². The minimum atomic E-state index is -0.574. The summed E-state index contributed by atoms with van der Waals surface area (Å²) < 4.78 is 0. The monoisotopic (exact) mass is 253 g/mol. The maximum atomic E-state index is 11.4. The maximum absolute atomic E-state index is 11.4. The molecule has 0 aliphatic heterocycles. The highest BCUT2D eigenvalue weighted by molar-refractivity contribution is 6.16. The van der Waals surface area contributed by atoms with Crippen LogP contribution in [0.25, 0.3) is 6.08 Å². The number of hydrogen-bond acceptors (Lipinski definition) is 4. The van der Waals surface area contributed by atoms with Gasteiger partial charge in [0, 0.05) is 6.08 Å². The Morgan fingerprint density at radius 3 is 2.42 bits per heavy atom. The van der Waals surface area contributed by atoms with Crippen LogP contribution < -0.4 is 0 Å². The molecule has 4 nitrogen and oxygen atoms in total. The summed E-state index contributed by atoms with van der Waals surface area (Å²) in [6.07, 6.45) is 8.60. The number of ketones is 1. The van der Waals surface area contributed by atoms with E-state index in [-0.39, 0.29) is 5.78 Å². The van der Waals surface area contributed by atoms with Crippen LogP contribution in [0, 0.1) is 0 Å². The van der Waals surface area contributed by atoms with E-state index >= 15 is 0 Å². The van der Waals surface area contributed by atoms with E-state index in [2.05, 4.69) is 9.99 Å². The molecular formula is C15H11NO3. The lowest BCUT2D eigenvalue weighted by Crippen LogP contribution is -2.02. The quantitative estimate of drug-likeness (QED) is 0.359. The number of allylic oxidation sites excluding steroid dienone is 4. The Bertz CT molecular complexity index is 577. The lowest BCUT2D eigenvalue weighted by atomic mass is 10.2. The van der Waals surface area contributed by atoms with Gasteiger partial charge in [-0.1, -0.05) is 35.5 Å². The van der Waals surface area contributed by atoms with Gasteiger partial charge in [0.25, 0.3) is 0 Å². The minimum absolute atomic E-state index is 0.116. The highest BCUT2D eigenvalue weighted by Crippen LogP contribution is 2.02. The number of hydrogen-bond donors (Lipinski definition) is 0. The summed E-state index contributed by atoms with van der Waals surface area (Å²) >= 11 is 0. The number of oxime groups is 1. The molecule has 0 heterocycles. The molecule has 0 fully saturated rings. The van der Waals surface area contributed by atoms with Gasteiger partial charge in [-0.15, -0.1) is 0 Å². The standard InChI is InChI=1S/C15H11NO3/c17-14-9-7-13(8-10-14)16-19-15(18)11-6-12-4-2-1-3-5-12/h1-11H/b11-6+. The molecule has 0 bridgehead atoms. The van der Waals surface area contributed by atoms with E-state index in [1.807, 2.05) is 30.3 Å². The number of carbonyl (C=O) groups is 2. The van der Waals surface area contributed by atoms with Crippen molar-refractivity contribution in [1.29, 1.82) is 0 Å². The number of rotatable bonds is 3. The SMILES string of the molecule is O=C1C=CC(=NOC(=O)/C=C/c2ccccc2)C=C1. The zero-order chi connectivity index (χ0) is 13.5. The van der Waals surface area contributed by atoms with Gasteiger partial charge in [-0.05, 0) is 35.9 Å². The first kappa shape index (κ1) is 12.7. The Morgan fingerprint density at radius 2 is 1.74 bits per heavy atom. The van der Waals surface area contributed by atoms with Gasteiger partial charge in [0.2, 0.25) is 0 Å². The van der Waals surface area contributed by atoms with Crippen LogP contribution in [-0.2, 0) is 14.4 Å². The van der Waals surface area contributed by atoms with Crippen LogP contribution in [0.4, 0.5) is 0 Å². The summed E-state index contributed by atoms with van der Waals surface area (Å²) in [5.41, 5.74) is 1.32. The van der Waals surface area contributed by atoms with Crippen LogP contribution in [0.2, 0.25) is 0 Å². The summed E-state index contributed by atoms with van der Waals surface area (Å²) in [7, 11) is 0. The molecule has 0 N–H and O–H groups in total. The van der Waals surface area contributed by atoms with E-state index in [0.29, 0.717) is 5.71 Å². The molecular weight excluding hydrogens is 242 g/mol. The second-order valence-corrected chi connectivity index (χ2v) is 3.74. The molecule has 1 aliphatic rings. The van der Waals surface area contributed by atoms with Crippen molar-refractivity contribution in [3.05, 3.63) is 66.3 Å². The molecule has 0 spiro atoms. The molecule has 1 aromatic rings. The summed E-state index contributed by atoms with van der Waals surface area (Å²) in [5.74, 6) is -0.690. The molecule has 0 amide bonds. The average molecular weight is 253 g/mol. The lowest BCUT2D eigenvalue weighted by Gasteiger charge is -1.97. The van der Waals surface area contributed by atoms with Crippen molar-refractivity contribution in [2.45, 2.75) is 0 Å². The van der Waals surface area contributed by atoms with Gasteiger partial charge in [-0.2, -0.15) is 0 Å². The van der Waals surface area contributed by atoms with Crippen LogP contribution in [0.1, 0.15) is 5.56 Å². The summed E-state index contributed by atoms with van der Waals surface area (Å²) in [6, 6.07) is 9.38. The molecule has 4 heteroatoms. The smallest absolute Gasteiger partial charge is 0.313 e. The fourth-order valence-corrected chi connectivity index (χ4v) is 1.36. The van der Waals surface area contributed by atoms with Crippen molar-refractivity contribution >= 4 is 23.5 Å². The van der Waals surface area contributed by atoms with E-state index in [0.717, 1.165) is 5.56 Å². The third-order valence-electron chi connectivity index (χ3n) is 2.29. The third-order valence-corrected chi connectivity index (χ3v) is 2.29. The van der Waals surface area contributed by atoms with E-state index < -0.39 is 5.97 Å². The Balaban J connectivity index is 1.90. The first-order valence-corrected chi connectivity index (χ1v) is 5.66. The second-order valence-electron chi connectivity index (χ2n) is 3.74. The molecule has 1 aliphatic carbocycles. The zero-order valence-electron chi connectivity index (χ0n) is 10.0. The van der Waals surface area contributed by atoms with E-state index in [1.54, 1.807) is 6.08 Å². The van der Waals surface area contributed by atoms with Crippen LogP contribution in [-0.4, -0.2) is 17.5 Å². The molecule has 19 heavy (non-hydrogen) atoms. The highest BCUT2D eigenvalue weighted by atomic mass is 16.7. The summed E-state index contributed by atoms with van der Waals surface area (Å²) in [5, 5.41) is 3.62. The minimum Gasteiger partial charge on any atom is -0.313 e. The Morgan fingerprint density at radius 1 is 1.05 bits per heavy atom. The molecule has 0 atom stereocenters. The average Bonchev–Trinajstić information content (AvgIpc) is 2.45. The normalized spacial score (nSPS) is 13.9. The predicted octanol–water partition coefficient (Wildman–Crippen LogP) is 2.29. The molecule has 0 radical (unpaired) electrons. The summed E-state index contributed by atoms with van der Waals surface area (Å²) in [4.78, 5) is 26.9. The van der Waals surface area contributed by atoms with E-state index in [1.165, 1.54) is 30.4 Å². The lowest BCUT2D eigenvalue weighted by molar-refractivity contribution is -0.137. The van der Waals surface area contributed by atoms with Gasteiger partial charge in [0.1, 0.15) is 5.71 Å². The fraction of sp³-hybridized carbons (Fsp3) is 0. The van der Waals surface area contributed by atoms with Gasteiger partial charge in [-0.3, -0.25) is 4.79 Å². The van der Waals surface area contributed by atoms with Crippen molar-refractivity contribution in [3.63, 3.8) is 0 Å². The number of carbonyl (C=O) groups excluding carboxylic acids is 2. The van der Waals surface area contributed by atoms with Crippen molar-refractivity contribution in [2.75, 3.05) is 0 Å². The Labute approximate surface area is 110 Å². The van der Waals surface area contributed by atoms with Crippen molar-refractivity contribution < 1.29 is 14.4 Å². The van der Waals surface area contributed by atoms with Crippen LogP contribution >= 0.6 is 0 Å². The Kier molecular flexibility index (Phi) is 4.18. The van der Waals surface area contributed by atoms with Crippen molar-refractivity contribution in [2.24, 2.45) is 5.16 Å². The zero-order valence-corrected chi connectivity index (χ0v) is 10.0. The molecule has 0 saturated heterocycles. The van der Waals surface area contributed by atoms with Gasteiger partial charge in [-0.25, -0.2) is 4.79 Å². The molecule has 0 unspecified atom stereocenters. The Hall–Kier alpha value is -2.75. The van der Waals surface area contributed by atoms with Gasteiger partial charge in [0.15, 0.2) is 5.78 Å². The molecule has 0 saturated carbocycles. The molecule has 2 rings (SSSR count). The van der Waals surface area contributed by atoms with Crippen LogP contribution in [0.5, 0.6) is 0 Å². The molecule has 0 aromatic heterocycles. The fourth-order valence-electron chi connectivity index (χ4n) is 1.36. The second kappa shape index (κ2) is 6.26. The topological polar surface area (TPSA) is 55.7 Å².